The van der Waals surface area contributed by atoms with E-state index in [1.165, 1.54) is 22.4 Å². The summed E-state index contributed by atoms with van der Waals surface area (Å²) in [5.74, 6) is 0. The standard InChI is InChI=1S/C15H15N/c1-11-6-8-12(9-7-11)15-10-13-4-2-3-5-14(13)16-15/h2-9,15-16H,10H2,1H3. The maximum Gasteiger partial charge on any atom is 0.0555 e. The van der Waals surface area contributed by atoms with Crippen molar-refractivity contribution in [3.8, 4) is 0 Å². The van der Waals surface area contributed by atoms with Gasteiger partial charge >= 0.3 is 0 Å². The predicted octanol–water partition coefficient (Wildman–Crippen LogP) is 3.70. The van der Waals surface area contributed by atoms with E-state index in [0.717, 1.165) is 6.42 Å². The first-order valence-electron chi connectivity index (χ1n) is 5.74. The van der Waals surface area contributed by atoms with Crippen LogP contribution in [0.5, 0.6) is 0 Å². The van der Waals surface area contributed by atoms with E-state index >= 15 is 0 Å². The first kappa shape index (κ1) is 9.46. The molecule has 0 amide bonds. The van der Waals surface area contributed by atoms with Gasteiger partial charge < -0.3 is 5.32 Å². The molecule has 0 bridgehead atoms. The van der Waals surface area contributed by atoms with Crippen LogP contribution in [0.25, 0.3) is 0 Å². The van der Waals surface area contributed by atoms with Crippen molar-refractivity contribution in [2.75, 3.05) is 5.32 Å². The van der Waals surface area contributed by atoms with E-state index in [-0.39, 0.29) is 0 Å². The molecule has 1 heterocycles. The molecule has 0 spiro atoms. The number of fused-ring (bicyclic) bond motifs is 1. The van der Waals surface area contributed by atoms with Crippen molar-refractivity contribution in [3.05, 3.63) is 65.2 Å². The Balaban J connectivity index is 1.88. The highest BCUT2D eigenvalue weighted by molar-refractivity contribution is 5.58. The second-order valence-corrected chi connectivity index (χ2v) is 4.47. The molecular weight excluding hydrogens is 194 g/mol. The highest BCUT2D eigenvalue weighted by Crippen LogP contribution is 2.33. The summed E-state index contributed by atoms with van der Waals surface area (Å²) < 4.78 is 0. The predicted molar refractivity (Wildman–Crippen MR) is 67.7 cm³/mol. The third-order valence-electron chi connectivity index (χ3n) is 3.25. The Morgan fingerprint density at radius 3 is 2.50 bits per heavy atom. The average molecular weight is 209 g/mol. The molecule has 1 atom stereocenters. The molecule has 1 unspecified atom stereocenters. The number of rotatable bonds is 1. The van der Waals surface area contributed by atoms with Gasteiger partial charge in [0, 0.05) is 5.69 Å². The van der Waals surface area contributed by atoms with Crippen LogP contribution in [-0.4, -0.2) is 0 Å². The smallest absolute Gasteiger partial charge is 0.0555 e. The Hall–Kier alpha value is -1.76. The van der Waals surface area contributed by atoms with E-state index in [1.807, 2.05) is 0 Å². The molecule has 80 valence electrons. The van der Waals surface area contributed by atoms with Crippen LogP contribution in [0.15, 0.2) is 48.5 Å². The highest BCUT2D eigenvalue weighted by Gasteiger charge is 2.20. The lowest BCUT2D eigenvalue weighted by Crippen LogP contribution is -2.05. The lowest BCUT2D eigenvalue weighted by molar-refractivity contribution is 0.824. The number of hydrogen-bond donors (Lipinski definition) is 1. The molecule has 0 saturated carbocycles. The normalized spacial score (nSPS) is 17.9. The summed E-state index contributed by atoms with van der Waals surface area (Å²) in [7, 11) is 0. The topological polar surface area (TPSA) is 12.0 Å². The van der Waals surface area contributed by atoms with Gasteiger partial charge in [0.15, 0.2) is 0 Å². The zero-order chi connectivity index (χ0) is 11.0. The molecule has 0 aromatic heterocycles. The van der Waals surface area contributed by atoms with Gasteiger partial charge in [-0.05, 0) is 30.5 Å². The van der Waals surface area contributed by atoms with Crippen LogP contribution >= 0.6 is 0 Å². The van der Waals surface area contributed by atoms with Gasteiger partial charge in [0.25, 0.3) is 0 Å². The second kappa shape index (κ2) is 3.67. The molecule has 2 aromatic carbocycles. The number of benzene rings is 2. The SMILES string of the molecule is Cc1ccc(C2Cc3ccccc3N2)cc1. The van der Waals surface area contributed by atoms with Crippen LogP contribution < -0.4 is 5.32 Å². The molecule has 1 nitrogen and oxygen atoms in total. The minimum absolute atomic E-state index is 0.443. The fourth-order valence-electron chi connectivity index (χ4n) is 2.30. The van der Waals surface area contributed by atoms with Crippen LogP contribution in [0.2, 0.25) is 0 Å². The fourth-order valence-corrected chi connectivity index (χ4v) is 2.30. The van der Waals surface area contributed by atoms with E-state index in [2.05, 4.69) is 60.8 Å². The van der Waals surface area contributed by atoms with E-state index in [1.54, 1.807) is 0 Å². The van der Waals surface area contributed by atoms with Crippen molar-refractivity contribution in [3.63, 3.8) is 0 Å². The summed E-state index contributed by atoms with van der Waals surface area (Å²) in [5.41, 5.74) is 5.40. The Labute approximate surface area is 96.1 Å². The second-order valence-electron chi connectivity index (χ2n) is 4.47. The quantitative estimate of drug-likeness (QED) is 0.755. The molecule has 0 radical (unpaired) electrons. The molecule has 0 saturated heterocycles. The van der Waals surface area contributed by atoms with Gasteiger partial charge in [-0.15, -0.1) is 0 Å². The Morgan fingerprint density at radius 1 is 1.00 bits per heavy atom. The molecule has 16 heavy (non-hydrogen) atoms. The Kier molecular flexibility index (Phi) is 2.17. The summed E-state index contributed by atoms with van der Waals surface area (Å²) in [6, 6.07) is 17.8. The molecule has 0 fully saturated rings. The third kappa shape index (κ3) is 1.58. The molecule has 2 aromatic rings. The van der Waals surface area contributed by atoms with Crippen molar-refractivity contribution in [1.82, 2.24) is 0 Å². The summed E-state index contributed by atoms with van der Waals surface area (Å²) in [4.78, 5) is 0. The number of anilines is 1. The summed E-state index contributed by atoms with van der Waals surface area (Å²) in [5, 5.41) is 3.57. The van der Waals surface area contributed by atoms with Crippen molar-refractivity contribution in [2.45, 2.75) is 19.4 Å². The van der Waals surface area contributed by atoms with E-state index in [0.29, 0.717) is 6.04 Å². The van der Waals surface area contributed by atoms with Gasteiger partial charge in [-0.2, -0.15) is 0 Å². The number of nitrogens with one attached hydrogen (secondary N) is 1. The molecule has 3 rings (SSSR count). The van der Waals surface area contributed by atoms with Crippen molar-refractivity contribution >= 4 is 5.69 Å². The first-order chi connectivity index (χ1) is 7.83. The Morgan fingerprint density at radius 2 is 1.75 bits per heavy atom. The fraction of sp³-hybridized carbons (Fsp3) is 0.200. The minimum atomic E-state index is 0.443. The van der Waals surface area contributed by atoms with E-state index in [4.69, 9.17) is 0 Å². The van der Waals surface area contributed by atoms with Crippen LogP contribution in [-0.2, 0) is 6.42 Å². The van der Waals surface area contributed by atoms with Gasteiger partial charge in [0.1, 0.15) is 0 Å². The summed E-state index contributed by atoms with van der Waals surface area (Å²) >= 11 is 0. The average Bonchev–Trinajstić information content (AvgIpc) is 2.73. The lowest BCUT2D eigenvalue weighted by Gasteiger charge is -2.11. The summed E-state index contributed by atoms with van der Waals surface area (Å²) in [6.07, 6.45) is 1.10. The number of hydrogen-bond acceptors (Lipinski definition) is 1. The monoisotopic (exact) mass is 209 g/mol. The van der Waals surface area contributed by atoms with Gasteiger partial charge in [-0.1, -0.05) is 48.0 Å². The van der Waals surface area contributed by atoms with Crippen molar-refractivity contribution < 1.29 is 0 Å². The maximum absolute atomic E-state index is 3.57. The van der Waals surface area contributed by atoms with Gasteiger partial charge in [0.2, 0.25) is 0 Å². The van der Waals surface area contributed by atoms with Crippen molar-refractivity contribution in [2.24, 2.45) is 0 Å². The van der Waals surface area contributed by atoms with Crippen LogP contribution in [0, 0.1) is 6.92 Å². The number of aryl methyl sites for hydroxylation is 1. The van der Waals surface area contributed by atoms with Crippen molar-refractivity contribution in [1.29, 1.82) is 0 Å². The van der Waals surface area contributed by atoms with E-state index in [9.17, 15) is 0 Å². The molecule has 1 N–H and O–H groups in total. The minimum Gasteiger partial charge on any atom is -0.378 e. The lowest BCUT2D eigenvalue weighted by atomic mass is 10.0. The Bertz CT molecular complexity index is 474. The van der Waals surface area contributed by atoms with E-state index < -0.39 is 0 Å². The van der Waals surface area contributed by atoms with Crippen LogP contribution in [0.3, 0.4) is 0 Å². The zero-order valence-electron chi connectivity index (χ0n) is 9.40. The van der Waals surface area contributed by atoms with Crippen LogP contribution in [0.1, 0.15) is 22.7 Å². The van der Waals surface area contributed by atoms with Crippen LogP contribution in [0.4, 0.5) is 5.69 Å². The maximum atomic E-state index is 3.57. The third-order valence-corrected chi connectivity index (χ3v) is 3.25. The highest BCUT2D eigenvalue weighted by atomic mass is 14.9. The molecule has 1 heteroatoms. The van der Waals surface area contributed by atoms with Gasteiger partial charge in [-0.25, -0.2) is 0 Å². The molecule has 0 aliphatic carbocycles. The van der Waals surface area contributed by atoms with Gasteiger partial charge in [0.05, 0.1) is 6.04 Å². The largest absolute Gasteiger partial charge is 0.378 e. The first-order valence-corrected chi connectivity index (χ1v) is 5.74. The molecular formula is C15H15N. The zero-order valence-corrected chi connectivity index (χ0v) is 9.40. The van der Waals surface area contributed by atoms with Gasteiger partial charge in [-0.3, -0.25) is 0 Å². The molecule has 1 aliphatic rings. The molecule has 1 aliphatic heterocycles. The summed E-state index contributed by atoms with van der Waals surface area (Å²) in [6.45, 7) is 2.13. The number of para-hydroxylation sites is 1.